The van der Waals surface area contributed by atoms with E-state index in [4.69, 9.17) is 14.2 Å². The highest BCUT2D eigenvalue weighted by Gasteiger charge is 2.08. The quantitative estimate of drug-likeness (QED) is 0.261. The van der Waals surface area contributed by atoms with Crippen LogP contribution in [0, 0.1) is 0 Å². The number of aliphatic imine (C=N–C) groups is 1. The number of hydrogen-bond acceptors (Lipinski definition) is 5. The van der Waals surface area contributed by atoms with Crippen LogP contribution in [0.25, 0.3) is 0 Å². The van der Waals surface area contributed by atoms with E-state index in [9.17, 15) is 4.79 Å². The molecule has 1 aromatic carbocycles. The van der Waals surface area contributed by atoms with Gasteiger partial charge in [0.1, 0.15) is 6.54 Å². The third kappa shape index (κ3) is 8.25. The molecule has 25 heavy (non-hydrogen) atoms. The van der Waals surface area contributed by atoms with E-state index in [-0.39, 0.29) is 36.4 Å². The number of amides is 1. The fraction of sp³-hybridized carbons (Fsp3) is 0.500. The molecule has 2 N–H and O–H groups in total. The molecule has 0 saturated carbocycles. The Kier molecular flexibility index (Phi) is 11.7. The minimum absolute atomic E-state index is 0. The number of benzene rings is 1. The SMILES string of the molecule is COCCNC(=NCC(=O)N(C)C)Nc1ccc(OC)c(OC)c1.I. The van der Waals surface area contributed by atoms with Gasteiger partial charge >= 0.3 is 0 Å². The first-order valence-corrected chi connectivity index (χ1v) is 7.48. The third-order valence-corrected chi connectivity index (χ3v) is 3.12. The van der Waals surface area contributed by atoms with Gasteiger partial charge in [0.25, 0.3) is 0 Å². The van der Waals surface area contributed by atoms with Gasteiger partial charge in [-0.05, 0) is 12.1 Å². The Morgan fingerprint density at radius 3 is 2.40 bits per heavy atom. The molecule has 8 nitrogen and oxygen atoms in total. The highest BCUT2D eigenvalue weighted by atomic mass is 127. The van der Waals surface area contributed by atoms with E-state index in [1.165, 1.54) is 4.90 Å². The normalized spacial score (nSPS) is 10.5. The van der Waals surface area contributed by atoms with Crippen LogP contribution in [0.3, 0.4) is 0 Å². The average molecular weight is 466 g/mol. The minimum Gasteiger partial charge on any atom is -0.493 e. The first kappa shape index (κ1) is 23.2. The summed E-state index contributed by atoms with van der Waals surface area (Å²) in [6.45, 7) is 1.13. The van der Waals surface area contributed by atoms with Crippen molar-refractivity contribution in [2.75, 3.05) is 60.4 Å². The van der Waals surface area contributed by atoms with Crippen molar-refractivity contribution in [3.63, 3.8) is 0 Å². The van der Waals surface area contributed by atoms with Crippen molar-refractivity contribution < 1.29 is 19.0 Å². The van der Waals surface area contributed by atoms with Crippen LogP contribution >= 0.6 is 24.0 Å². The predicted octanol–water partition coefficient (Wildman–Crippen LogP) is 1.41. The van der Waals surface area contributed by atoms with Crippen LogP contribution in [0.1, 0.15) is 0 Å². The lowest BCUT2D eigenvalue weighted by Gasteiger charge is -2.15. The summed E-state index contributed by atoms with van der Waals surface area (Å²) in [4.78, 5) is 17.5. The van der Waals surface area contributed by atoms with Crippen LogP contribution in [0.2, 0.25) is 0 Å². The van der Waals surface area contributed by atoms with Gasteiger partial charge in [-0.15, -0.1) is 24.0 Å². The lowest BCUT2D eigenvalue weighted by Crippen LogP contribution is -2.35. The Labute approximate surface area is 165 Å². The van der Waals surface area contributed by atoms with Crippen LogP contribution in [0.5, 0.6) is 11.5 Å². The van der Waals surface area contributed by atoms with Crippen molar-refractivity contribution >= 4 is 41.5 Å². The van der Waals surface area contributed by atoms with E-state index in [2.05, 4.69) is 15.6 Å². The summed E-state index contributed by atoms with van der Waals surface area (Å²) in [6.07, 6.45) is 0. The number of guanidine groups is 1. The van der Waals surface area contributed by atoms with Gasteiger partial charge in [-0.2, -0.15) is 0 Å². The topological polar surface area (TPSA) is 84.4 Å². The zero-order valence-corrected chi connectivity index (χ0v) is 17.6. The minimum atomic E-state index is -0.0878. The monoisotopic (exact) mass is 466 g/mol. The average Bonchev–Trinajstić information content (AvgIpc) is 2.58. The maximum atomic E-state index is 11.7. The van der Waals surface area contributed by atoms with Crippen molar-refractivity contribution in [2.24, 2.45) is 4.99 Å². The third-order valence-electron chi connectivity index (χ3n) is 3.12. The van der Waals surface area contributed by atoms with E-state index >= 15 is 0 Å². The number of ether oxygens (including phenoxy) is 3. The Morgan fingerprint density at radius 1 is 1.16 bits per heavy atom. The zero-order chi connectivity index (χ0) is 17.9. The number of likely N-dealkylation sites (N-methyl/N-ethyl adjacent to an activating group) is 1. The summed E-state index contributed by atoms with van der Waals surface area (Å²) in [5, 5.41) is 6.24. The van der Waals surface area contributed by atoms with Crippen molar-refractivity contribution in [1.29, 1.82) is 0 Å². The van der Waals surface area contributed by atoms with Gasteiger partial charge < -0.3 is 29.7 Å². The highest BCUT2D eigenvalue weighted by Crippen LogP contribution is 2.29. The molecule has 1 rings (SSSR count). The van der Waals surface area contributed by atoms with Gasteiger partial charge in [0.15, 0.2) is 17.5 Å². The molecule has 0 bridgehead atoms. The van der Waals surface area contributed by atoms with Crippen LogP contribution < -0.4 is 20.1 Å². The molecule has 142 valence electrons. The summed E-state index contributed by atoms with van der Waals surface area (Å²) in [6, 6.07) is 5.42. The summed E-state index contributed by atoms with van der Waals surface area (Å²) in [7, 11) is 8.16. The van der Waals surface area contributed by atoms with Crippen molar-refractivity contribution in [3.8, 4) is 11.5 Å². The highest BCUT2D eigenvalue weighted by molar-refractivity contribution is 14.0. The molecule has 1 amide bonds. The second-order valence-electron chi connectivity index (χ2n) is 5.07. The van der Waals surface area contributed by atoms with Gasteiger partial charge in [0.05, 0.1) is 20.8 Å². The number of nitrogens with zero attached hydrogens (tertiary/aromatic N) is 2. The molecule has 0 radical (unpaired) electrons. The number of rotatable bonds is 8. The van der Waals surface area contributed by atoms with Crippen molar-refractivity contribution in [1.82, 2.24) is 10.2 Å². The van der Waals surface area contributed by atoms with E-state index in [1.807, 2.05) is 6.07 Å². The molecule has 0 aliphatic heterocycles. The van der Waals surface area contributed by atoms with E-state index in [0.29, 0.717) is 30.6 Å². The molecule has 0 heterocycles. The number of carbonyl (C=O) groups excluding carboxylic acids is 1. The van der Waals surface area contributed by atoms with Crippen molar-refractivity contribution in [3.05, 3.63) is 18.2 Å². The second-order valence-corrected chi connectivity index (χ2v) is 5.07. The summed E-state index contributed by atoms with van der Waals surface area (Å²) in [5.74, 6) is 1.63. The Morgan fingerprint density at radius 2 is 1.84 bits per heavy atom. The predicted molar refractivity (Wildman–Crippen MR) is 109 cm³/mol. The fourth-order valence-electron chi connectivity index (χ4n) is 1.75. The van der Waals surface area contributed by atoms with Crippen LogP contribution in [-0.4, -0.2) is 71.9 Å². The maximum absolute atomic E-state index is 11.7. The molecule has 0 aromatic heterocycles. The standard InChI is InChI=1S/C16H26N4O4.HI/c1-20(2)15(21)11-18-16(17-8-9-22-3)19-12-6-7-13(23-4)14(10-12)24-5;/h6-7,10H,8-9,11H2,1-5H3,(H2,17,18,19);1H. The van der Waals surface area contributed by atoms with Gasteiger partial charge in [0, 0.05) is 39.5 Å². The number of anilines is 1. The van der Waals surface area contributed by atoms with Crippen molar-refractivity contribution in [2.45, 2.75) is 0 Å². The molecular weight excluding hydrogens is 439 g/mol. The summed E-state index contributed by atoms with van der Waals surface area (Å²) < 4.78 is 15.5. The van der Waals surface area contributed by atoms with Crippen LogP contribution in [0.4, 0.5) is 5.69 Å². The first-order chi connectivity index (χ1) is 11.5. The number of hydrogen-bond donors (Lipinski definition) is 2. The number of nitrogens with one attached hydrogen (secondary N) is 2. The molecule has 0 unspecified atom stereocenters. The summed E-state index contributed by atoms with van der Waals surface area (Å²) >= 11 is 0. The molecule has 0 fully saturated rings. The molecule has 9 heteroatoms. The maximum Gasteiger partial charge on any atom is 0.243 e. The number of halogens is 1. The van der Waals surface area contributed by atoms with Gasteiger partial charge in [-0.3, -0.25) is 4.79 Å². The molecular formula is C16H27IN4O4. The number of carbonyl (C=O) groups is 1. The molecule has 0 atom stereocenters. The van der Waals surface area contributed by atoms with Crippen LogP contribution in [-0.2, 0) is 9.53 Å². The molecule has 0 spiro atoms. The zero-order valence-electron chi connectivity index (χ0n) is 15.3. The Bertz CT molecular complexity index is 567. The van der Waals surface area contributed by atoms with Gasteiger partial charge in [-0.1, -0.05) is 0 Å². The lowest BCUT2D eigenvalue weighted by molar-refractivity contribution is -0.127. The number of methoxy groups -OCH3 is 3. The molecule has 0 saturated heterocycles. The summed E-state index contributed by atoms with van der Waals surface area (Å²) in [5.41, 5.74) is 0.758. The van der Waals surface area contributed by atoms with Crippen LogP contribution in [0.15, 0.2) is 23.2 Å². The Hall–Kier alpha value is -1.75. The molecule has 1 aromatic rings. The van der Waals surface area contributed by atoms with Gasteiger partial charge in [0.2, 0.25) is 5.91 Å². The lowest BCUT2D eigenvalue weighted by atomic mass is 10.3. The van der Waals surface area contributed by atoms with E-state index in [0.717, 1.165) is 5.69 Å². The fourth-order valence-corrected chi connectivity index (χ4v) is 1.75. The largest absolute Gasteiger partial charge is 0.493 e. The Balaban J connectivity index is 0.00000576. The smallest absolute Gasteiger partial charge is 0.243 e. The first-order valence-electron chi connectivity index (χ1n) is 7.48. The second kappa shape index (κ2) is 12.6. The molecule has 0 aliphatic carbocycles. The van der Waals surface area contributed by atoms with E-state index < -0.39 is 0 Å². The van der Waals surface area contributed by atoms with Gasteiger partial charge in [-0.25, -0.2) is 4.99 Å². The molecule has 0 aliphatic rings. The van der Waals surface area contributed by atoms with E-state index in [1.54, 1.807) is 47.6 Å².